The Kier molecular flexibility index (Phi) is 5.17. The molecule has 1 aromatic heterocycles. The first kappa shape index (κ1) is 15.8. The molecule has 0 aliphatic heterocycles. The first-order valence-corrected chi connectivity index (χ1v) is 7.21. The molecule has 2 aromatic rings. The Morgan fingerprint density at radius 2 is 1.67 bits per heavy atom. The Hall–Kier alpha value is -1.63. The molecule has 2 rings (SSSR count). The molecule has 21 heavy (non-hydrogen) atoms. The van der Waals surface area contributed by atoms with E-state index in [-0.39, 0.29) is 15.9 Å². The van der Waals surface area contributed by atoms with E-state index in [1.54, 1.807) is 24.3 Å². The number of pyridine rings is 1. The summed E-state index contributed by atoms with van der Waals surface area (Å²) < 4.78 is 0.607. The Bertz CT molecular complexity index is 710. The monoisotopic (exact) mass is 387 g/mol. The summed E-state index contributed by atoms with van der Waals surface area (Å²) in [6, 6.07) is 9.70. The van der Waals surface area contributed by atoms with Crippen LogP contribution in [0.4, 0.5) is 0 Å². The van der Waals surface area contributed by atoms with Crippen LogP contribution in [0.2, 0.25) is 10.2 Å². The van der Waals surface area contributed by atoms with E-state index < -0.39 is 11.8 Å². The van der Waals surface area contributed by atoms with Gasteiger partial charge in [0.1, 0.15) is 10.8 Å². The number of rotatable bonds is 2. The Labute approximate surface area is 138 Å². The summed E-state index contributed by atoms with van der Waals surface area (Å²) in [7, 11) is 0. The smallest absolute Gasteiger partial charge is 0.267 e. The van der Waals surface area contributed by atoms with Gasteiger partial charge in [-0.25, -0.2) is 4.98 Å². The number of nitrogens with one attached hydrogen (secondary N) is 2. The molecular formula is C13H8BrCl2N3O2. The van der Waals surface area contributed by atoms with Gasteiger partial charge in [0.05, 0.1) is 10.6 Å². The molecule has 2 N–H and O–H groups in total. The number of carbonyl (C=O) groups excluding carboxylic acids is 2. The van der Waals surface area contributed by atoms with Crippen LogP contribution in [0.3, 0.4) is 0 Å². The normalized spacial score (nSPS) is 10.0. The molecule has 0 radical (unpaired) electrons. The molecule has 2 amide bonds. The average molecular weight is 389 g/mol. The lowest BCUT2D eigenvalue weighted by Crippen LogP contribution is -2.42. The number of aromatic nitrogens is 1. The van der Waals surface area contributed by atoms with Crippen molar-refractivity contribution in [2.75, 3.05) is 0 Å². The minimum atomic E-state index is -0.664. The molecule has 1 aromatic carbocycles. The van der Waals surface area contributed by atoms with E-state index in [2.05, 4.69) is 31.8 Å². The van der Waals surface area contributed by atoms with E-state index in [1.807, 2.05) is 0 Å². The maximum Gasteiger partial charge on any atom is 0.289 e. The van der Waals surface area contributed by atoms with Crippen LogP contribution >= 0.6 is 39.1 Å². The predicted octanol–water partition coefficient (Wildman–Crippen LogP) is 3.23. The van der Waals surface area contributed by atoms with Crippen molar-refractivity contribution in [3.05, 3.63) is 62.3 Å². The van der Waals surface area contributed by atoms with Crippen LogP contribution in [0.25, 0.3) is 0 Å². The van der Waals surface area contributed by atoms with Crippen molar-refractivity contribution < 1.29 is 9.59 Å². The average Bonchev–Trinajstić information content (AvgIpc) is 2.47. The van der Waals surface area contributed by atoms with Gasteiger partial charge in [0.25, 0.3) is 11.8 Å². The molecule has 0 aliphatic carbocycles. The number of hydrogen-bond donors (Lipinski definition) is 2. The zero-order valence-electron chi connectivity index (χ0n) is 10.4. The van der Waals surface area contributed by atoms with Gasteiger partial charge in [0.2, 0.25) is 0 Å². The van der Waals surface area contributed by atoms with Crippen molar-refractivity contribution in [3.8, 4) is 0 Å². The molecule has 0 saturated carbocycles. The number of benzene rings is 1. The van der Waals surface area contributed by atoms with Gasteiger partial charge in [-0.2, -0.15) is 0 Å². The lowest BCUT2D eigenvalue weighted by Gasteiger charge is -2.09. The highest BCUT2D eigenvalue weighted by Crippen LogP contribution is 2.17. The highest BCUT2D eigenvalue weighted by molar-refractivity contribution is 9.10. The van der Waals surface area contributed by atoms with Gasteiger partial charge in [0.15, 0.2) is 0 Å². The number of hydrogen-bond acceptors (Lipinski definition) is 3. The third-order valence-electron chi connectivity index (χ3n) is 2.44. The number of amides is 2. The van der Waals surface area contributed by atoms with Gasteiger partial charge in [-0.3, -0.25) is 20.4 Å². The van der Waals surface area contributed by atoms with Crippen LogP contribution in [-0.2, 0) is 0 Å². The minimum Gasteiger partial charge on any atom is -0.267 e. The van der Waals surface area contributed by atoms with Crippen molar-refractivity contribution >= 4 is 50.9 Å². The Morgan fingerprint density at radius 3 is 2.38 bits per heavy atom. The van der Waals surface area contributed by atoms with Crippen LogP contribution < -0.4 is 10.9 Å². The van der Waals surface area contributed by atoms with Gasteiger partial charge < -0.3 is 0 Å². The number of hydrazine groups is 1. The maximum absolute atomic E-state index is 11.9. The van der Waals surface area contributed by atoms with Crippen LogP contribution in [0.1, 0.15) is 20.8 Å². The second-order valence-corrected chi connectivity index (χ2v) is 5.50. The quantitative estimate of drug-likeness (QED) is 0.612. The lowest BCUT2D eigenvalue weighted by atomic mass is 10.2. The Morgan fingerprint density at radius 1 is 1.00 bits per heavy atom. The molecule has 0 atom stereocenters. The minimum absolute atomic E-state index is 0.0726. The van der Waals surface area contributed by atoms with Crippen molar-refractivity contribution in [2.45, 2.75) is 0 Å². The van der Waals surface area contributed by atoms with E-state index in [9.17, 15) is 9.59 Å². The van der Waals surface area contributed by atoms with E-state index in [0.717, 1.165) is 0 Å². The fraction of sp³-hybridized carbons (Fsp3) is 0. The fourth-order valence-corrected chi connectivity index (χ4v) is 2.27. The van der Waals surface area contributed by atoms with Crippen LogP contribution in [0.15, 0.2) is 40.9 Å². The van der Waals surface area contributed by atoms with Gasteiger partial charge in [0, 0.05) is 4.47 Å². The summed E-state index contributed by atoms with van der Waals surface area (Å²) in [5.74, 6) is -1.14. The lowest BCUT2D eigenvalue weighted by molar-refractivity contribution is 0.0843. The summed E-state index contributed by atoms with van der Waals surface area (Å²) in [5.41, 5.74) is 4.81. The highest BCUT2D eigenvalue weighted by atomic mass is 79.9. The molecular weight excluding hydrogens is 381 g/mol. The van der Waals surface area contributed by atoms with Crippen LogP contribution in [0, 0.1) is 0 Å². The van der Waals surface area contributed by atoms with Crippen molar-refractivity contribution in [1.82, 2.24) is 15.8 Å². The molecule has 0 aliphatic rings. The van der Waals surface area contributed by atoms with Crippen molar-refractivity contribution in [1.29, 1.82) is 0 Å². The first-order valence-electron chi connectivity index (χ1n) is 5.66. The number of halogens is 3. The number of nitrogens with zero attached hydrogens (tertiary/aromatic N) is 1. The molecule has 0 unspecified atom stereocenters. The number of carbonyl (C=O) groups is 2. The standard InChI is InChI=1S/C13H8BrCl2N3O2/c14-8-4-2-1-3-7(8)12(20)18-19-13(21)11-9(15)5-6-10(16)17-11/h1-6H,(H,18,20)(H,19,21). The van der Waals surface area contributed by atoms with E-state index >= 15 is 0 Å². The molecule has 1 heterocycles. The molecule has 8 heteroatoms. The first-order chi connectivity index (χ1) is 9.99. The highest BCUT2D eigenvalue weighted by Gasteiger charge is 2.15. The third kappa shape index (κ3) is 3.93. The van der Waals surface area contributed by atoms with Gasteiger partial charge in [-0.1, -0.05) is 35.3 Å². The topological polar surface area (TPSA) is 71.1 Å². The molecule has 0 bridgehead atoms. The van der Waals surface area contributed by atoms with E-state index in [4.69, 9.17) is 23.2 Å². The summed E-state index contributed by atoms with van der Waals surface area (Å²) in [6.07, 6.45) is 0. The SMILES string of the molecule is O=C(NNC(=O)c1nc(Cl)ccc1Cl)c1ccccc1Br. The second kappa shape index (κ2) is 6.89. The molecule has 0 spiro atoms. The second-order valence-electron chi connectivity index (χ2n) is 3.85. The maximum atomic E-state index is 11.9. The molecule has 108 valence electrons. The van der Waals surface area contributed by atoms with Crippen molar-refractivity contribution in [3.63, 3.8) is 0 Å². The van der Waals surface area contributed by atoms with Gasteiger partial charge >= 0.3 is 0 Å². The zero-order valence-corrected chi connectivity index (χ0v) is 13.5. The largest absolute Gasteiger partial charge is 0.289 e. The summed E-state index contributed by atoms with van der Waals surface area (Å²) >= 11 is 14.8. The molecule has 0 saturated heterocycles. The zero-order chi connectivity index (χ0) is 15.4. The van der Waals surface area contributed by atoms with Crippen LogP contribution in [-0.4, -0.2) is 16.8 Å². The van der Waals surface area contributed by atoms with E-state index in [0.29, 0.717) is 10.0 Å². The van der Waals surface area contributed by atoms with Crippen molar-refractivity contribution in [2.24, 2.45) is 0 Å². The van der Waals surface area contributed by atoms with E-state index in [1.165, 1.54) is 12.1 Å². The summed E-state index contributed by atoms with van der Waals surface area (Å²) in [4.78, 5) is 27.6. The third-order valence-corrected chi connectivity index (χ3v) is 3.64. The van der Waals surface area contributed by atoms with Gasteiger partial charge in [-0.05, 0) is 40.2 Å². The summed E-state index contributed by atoms with van der Waals surface area (Å²) in [6.45, 7) is 0. The Balaban J connectivity index is 2.06. The summed E-state index contributed by atoms with van der Waals surface area (Å²) in [5, 5.41) is 0.258. The van der Waals surface area contributed by atoms with Crippen LogP contribution in [0.5, 0.6) is 0 Å². The fourth-order valence-electron chi connectivity index (χ4n) is 1.46. The molecule has 5 nitrogen and oxygen atoms in total. The van der Waals surface area contributed by atoms with Gasteiger partial charge in [-0.15, -0.1) is 0 Å². The molecule has 0 fully saturated rings. The predicted molar refractivity (Wildman–Crippen MR) is 83.3 cm³/mol.